The molecule has 12 nitrogen and oxygen atoms in total. The van der Waals surface area contributed by atoms with Gasteiger partial charge in [-0.15, -0.1) is 0 Å². The highest BCUT2D eigenvalue weighted by Crippen LogP contribution is 2.25. The summed E-state index contributed by atoms with van der Waals surface area (Å²) >= 11 is 0. The first kappa shape index (κ1) is 60.3. The van der Waals surface area contributed by atoms with Crippen molar-refractivity contribution in [3.63, 3.8) is 0 Å². The molecule has 2 saturated heterocycles. The summed E-state index contributed by atoms with van der Waals surface area (Å²) in [7, 11) is 2.05. The van der Waals surface area contributed by atoms with Crippen LogP contribution in [-0.2, 0) is 52.3 Å². The summed E-state index contributed by atoms with van der Waals surface area (Å²) in [6.45, 7) is 12.4. The van der Waals surface area contributed by atoms with Crippen molar-refractivity contribution in [2.45, 2.75) is 251 Å². The zero-order chi connectivity index (χ0) is 47.7. The van der Waals surface area contributed by atoms with Crippen molar-refractivity contribution in [3.05, 3.63) is 0 Å². The van der Waals surface area contributed by atoms with E-state index in [1.807, 2.05) is 7.05 Å². The minimum absolute atomic E-state index is 0.0260. The Morgan fingerprint density at radius 2 is 0.894 bits per heavy atom. The SMILES string of the molecule is CCCCCCCCCOCC(OCCCCCCCCC)C(=O)O[C@@H]1[C@@H](OC(=O)C(COCCCCCCCCC)OCCCCCCCCC)CO[C@@H]1COC(=O)C1CCN(C)CC1. The van der Waals surface area contributed by atoms with Crippen LogP contribution in [-0.4, -0.2) is 126 Å². The third kappa shape index (κ3) is 29.9. The lowest BCUT2D eigenvalue weighted by molar-refractivity contribution is -0.184. The van der Waals surface area contributed by atoms with Crippen LogP contribution in [0.15, 0.2) is 0 Å². The molecule has 0 radical (unpaired) electrons. The summed E-state index contributed by atoms with van der Waals surface area (Å²) in [5, 5.41) is 0. The van der Waals surface area contributed by atoms with E-state index in [9.17, 15) is 14.4 Å². The van der Waals surface area contributed by atoms with Crippen molar-refractivity contribution in [2.24, 2.45) is 5.92 Å². The Morgan fingerprint density at radius 1 is 0.515 bits per heavy atom. The van der Waals surface area contributed by atoms with E-state index in [0.29, 0.717) is 26.4 Å². The Morgan fingerprint density at radius 3 is 1.32 bits per heavy atom. The fourth-order valence-electron chi connectivity index (χ4n) is 8.65. The predicted molar refractivity (Wildman–Crippen MR) is 264 cm³/mol. The maximum absolute atomic E-state index is 14.1. The number of piperidine rings is 1. The number of ether oxygens (including phenoxy) is 8. The zero-order valence-corrected chi connectivity index (χ0v) is 43.2. The molecule has 2 rings (SSSR count). The molecule has 0 spiro atoms. The molecule has 0 aromatic carbocycles. The largest absolute Gasteiger partial charge is 0.463 e. The molecule has 0 aromatic heterocycles. The Hall–Kier alpha value is -1.83. The number of esters is 3. The van der Waals surface area contributed by atoms with E-state index >= 15 is 0 Å². The number of carbonyl (C=O) groups is 3. The van der Waals surface area contributed by atoms with Crippen molar-refractivity contribution in [1.29, 1.82) is 0 Å². The summed E-state index contributed by atoms with van der Waals surface area (Å²) < 4.78 is 48.8. The number of unbranched alkanes of at least 4 members (excludes halogenated alkanes) is 24. The van der Waals surface area contributed by atoms with Crippen LogP contribution in [0.5, 0.6) is 0 Å². The molecule has 2 aliphatic heterocycles. The van der Waals surface area contributed by atoms with Gasteiger partial charge in [-0.25, -0.2) is 9.59 Å². The standard InChI is InChI=1S/C54H101NO11/c1-6-10-14-18-22-26-30-38-59-42-49(61-40-32-28-24-20-16-12-8-3)53(57)65-48-45-63-47(44-64-52(56)46-34-36-55(5)37-35-46)51(48)66-54(58)50(62-41-33-29-25-21-17-13-9-4)43-60-39-31-27-23-19-15-11-7-2/h46-51H,6-45H2,1-5H3/t47-,48+,49?,50?,51+/m1/s1. The van der Waals surface area contributed by atoms with Gasteiger partial charge in [0.25, 0.3) is 0 Å². The monoisotopic (exact) mass is 940 g/mol. The maximum atomic E-state index is 14.1. The molecule has 2 aliphatic rings. The third-order valence-corrected chi connectivity index (χ3v) is 13.2. The maximum Gasteiger partial charge on any atom is 0.338 e. The number of rotatable bonds is 45. The van der Waals surface area contributed by atoms with Gasteiger partial charge < -0.3 is 42.8 Å². The molecule has 12 heteroatoms. The quantitative estimate of drug-likeness (QED) is 0.0327. The number of hydrogen-bond donors (Lipinski definition) is 0. The Bertz CT molecular complexity index is 1150. The van der Waals surface area contributed by atoms with Gasteiger partial charge in [0.05, 0.1) is 25.7 Å². The van der Waals surface area contributed by atoms with Crippen LogP contribution in [0.1, 0.15) is 220 Å². The van der Waals surface area contributed by atoms with Crippen LogP contribution < -0.4 is 0 Å². The lowest BCUT2D eigenvalue weighted by Crippen LogP contribution is -2.45. The highest BCUT2D eigenvalue weighted by Gasteiger charge is 2.45. The van der Waals surface area contributed by atoms with Crippen LogP contribution >= 0.6 is 0 Å². The van der Waals surface area contributed by atoms with Crippen LogP contribution in [0, 0.1) is 5.92 Å². The molecule has 2 fully saturated rings. The van der Waals surface area contributed by atoms with E-state index in [1.165, 1.54) is 116 Å². The Kier molecular flexibility index (Phi) is 38.4. The summed E-state index contributed by atoms with van der Waals surface area (Å²) in [5.41, 5.74) is 0. The van der Waals surface area contributed by atoms with Gasteiger partial charge in [-0.2, -0.15) is 0 Å². The van der Waals surface area contributed by atoms with E-state index < -0.39 is 42.5 Å². The van der Waals surface area contributed by atoms with Crippen molar-refractivity contribution in [1.82, 2.24) is 4.90 Å². The molecule has 2 heterocycles. The van der Waals surface area contributed by atoms with E-state index in [4.69, 9.17) is 37.9 Å². The van der Waals surface area contributed by atoms with E-state index in [-0.39, 0.29) is 38.3 Å². The Labute approximate surface area is 403 Å². The molecular weight excluding hydrogens is 839 g/mol. The smallest absolute Gasteiger partial charge is 0.338 e. The van der Waals surface area contributed by atoms with Crippen molar-refractivity contribution < 1.29 is 52.3 Å². The Balaban J connectivity index is 2.15. The van der Waals surface area contributed by atoms with Crippen LogP contribution in [0.2, 0.25) is 0 Å². The molecule has 0 N–H and O–H groups in total. The lowest BCUT2D eigenvalue weighted by Gasteiger charge is -2.29. The molecule has 5 atom stereocenters. The topological polar surface area (TPSA) is 128 Å². The summed E-state index contributed by atoms with van der Waals surface area (Å²) in [4.78, 5) is 43.6. The van der Waals surface area contributed by atoms with Gasteiger partial charge in [0, 0.05) is 26.4 Å². The second kappa shape index (κ2) is 42.1. The third-order valence-electron chi connectivity index (χ3n) is 13.2. The number of nitrogens with zero attached hydrogens (tertiary/aromatic N) is 1. The number of hydrogen-bond acceptors (Lipinski definition) is 12. The normalized spacial score (nSPS) is 19.0. The predicted octanol–water partition coefficient (Wildman–Crippen LogP) is 11.9. The number of likely N-dealkylation sites (tertiary alicyclic amines) is 1. The number of carbonyl (C=O) groups excluding carboxylic acids is 3. The van der Waals surface area contributed by atoms with Crippen molar-refractivity contribution in [2.75, 3.05) is 73.0 Å². The van der Waals surface area contributed by atoms with Gasteiger partial charge in [0.1, 0.15) is 12.7 Å². The average molecular weight is 940 g/mol. The van der Waals surface area contributed by atoms with Gasteiger partial charge in [-0.3, -0.25) is 4.79 Å². The summed E-state index contributed by atoms with van der Waals surface area (Å²) in [6, 6.07) is 0. The van der Waals surface area contributed by atoms with Crippen LogP contribution in [0.3, 0.4) is 0 Å². The highest BCUT2D eigenvalue weighted by molar-refractivity contribution is 5.76. The minimum atomic E-state index is -1.03. The second-order valence-electron chi connectivity index (χ2n) is 19.3. The van der Waals surface area contributed by atoms with Gasteiger partial charge in [0.2, 0.25) is 0 Å². The van der Waals surface area contributed by atoms with Gasteiger partial charge in [0.15, 0.2) is 24.4 Å². The first-order chi connectivity index (χ1) is 32.3. The first-order valence-corrected chi connectivity index (χ1v) is 27.6. The van der Waals surface area contributed by atoms with E-state index in [0.717, 1.165) is 90.1 Å². The summed E-state index contributed by atoms with van der Waals surface area (Å²) in [5.74, 6) is -1.68. The highest BCUT2D eigenvalue weighted by atomic mass is 16.7. The zero-order valence-electron chi connectivity index (χ0n) is 43.2. The fraction of sp³-hybridized carbons (Fsp3) is 0.944. The second-order valence-corrected chi connectivity index (χ2v) is 19.3. The van der Waals surface area contributed by atoms with Crippen molar-refractivity contribution in [3.8, 4) is 0 Å². The molecule has 388 valence electrons. The molecule has 66 heavy (non-hydrogen) atoms. The van der Waals surface area contributed by atoms with Gasteiger partial charge >= 0.3 is 17.9 Å². The minimum Gasteiger partial charge on any atom is -0.463 e. The molecule has 0 aromatic rings. The molecule has 0 saturated carbocycles. The average Bonchev–Trinajstić information content (AvgIpc) is 3.69. The molecular formula is C54H101NO11. The van der Waals surface area contributed by atoms with Gasteiger partial charge in [-0.1, -0.05) is 182 Å². The lowest BCUT2D eigenvalue weighted by atomic mass is 9.97. The molecule has 0 bridgehead atoms. The van der Waals surface area contributed by atoms with Crippen LogP contribution in [0.4, 0.5) is 0 Å². The van der Waals surface area contributed by atoms with Crippen LogP contribution in [0.25, 0.3) is 0 Å². The fourth-order valence-corrected chi connectivity index (χ4v) is 8.65. The van der Waals surface area contributed by atoms with E-state index in [1.54, 1.807) is 0 Å². The van der Waals surface area contributed by atoms with Gasteiger partial charge in [-0.05, 0) is 58.7 Å². The molecule has 0 amide bonds. The molecule has 0 aliphatic carbocycles. The van der Waals surface area contributed by atoms with Crippen molar-refractivity contribution >= 4 is 17.9 Å². The first-order valence-electron chi connectivity index (χ1n) is 27.6. The summed E-state index contributed by atoms with van der Waals surface area (Å²) in [6.07, 6.45) is 28.8. The molecule has 2 unspecified atom stereocenters. The van der Waals surface area contributed by atoms with E-state index in [2.05, 4.69) is 32.6 Å².